The third-order valence-electron chi connectivity index (χ3n) is 3.66. The molecule has 0 bridgehead atoms. The van der Waals surface area contributed by atoms with Crippen LogP contribution in [0.2, 0.25) is 5.02 Å². The summed E-state index contributed by atoms with van der Waals surface area (Å²) in [5, 5.41) is 20.1. The van der Waals surface area contributed by atoms with E-state index in [1.54, 1.807) is 0 Å². The van der Waals surface area contributed by atoms with Gasteiger partial charge in [0.05, 0.1) is 21.9 Å². The number of nitro benzene ring substituents is 1. The fraction of sp³-hybridized carbons (Fsp3) is 0.0667. The van der Waals surface area contributed by atoms with Crippen LogP contribution in [-0.4, -0.2) is 22.4 Å². The summed E-state index contributed by atoms with van der Waals surface area (Å²) < 4.78 is 40.6. The minimum atomic E-state index is -4.27. The highest BCUT2D eigenvalue weighted by molar-refractivity contribution is 7.90. The Morgan fingerprint density at radius 1 is 1.28 bits per heavy atom. The first kappa shape index (κ1) is 17.3. The van der Waals surface area contributed by atoms with Gasteiger partial charge in [-0.2, -0.15) is 0 Å². The number of nitro groups is 1. The standard InChI is InChI=1S/C15H10ClFN2O5S/c16-11-5-4-10(6-14(11)19(21)22)25(23,24)18-7-9(8-20)15-12(17)2-1-3-13(15)18/h1-7,20H,8H2. The van der Waals surface area contributed by atoms with Gasteiger partial charge in [-0.3, -0.25) is 10.1 Å². The van der Waals surface area contributed by atoms with Crippen molar-refractivity contribution in [2.75, 3.05) is 0 Å². The van der Waals surface area contributed by atoms with Gasteiger partial charge >= 0.3 is 0 Å². The van der Waals surface area contributed by atoms with E-state index in [0.717, 1.165) is 34.4 Å². The molecule has 130 valence electrons. The van der Waals surface area contributed by atoms with Crippen LogP contribution in [0.1, 0.15) is 5.56 Å². The molecule has 0 radical (unpaired) electrons. The molecule has 0 spiro atoms. The van der Waals surface area contributed by atoms with Crippen LogP contribution in [0.4, 0.5) is 10.1 Å². The number of aromatic nitrogens is 1. The van der Waals surface area contributed by atoms with Crippen LogP contribution in [0.3, 0.4) is 0 Å². The molecule has 10 heteroatoms. The zero-order valence-electron chi connectivity index (χ0n) is 12.4. The number of fused-ring (bicyclic) bond motifs is 1. The van der Waals surface area contributed by atoms with E-state index in [9.17, 15) is 28.0 Å². The predicted molar refractivity (Wildman–Crippen MR) is 88.5 cm³/mol. The van der Waals surface area contributed by atoms with Gasteiger partial charge in [-0.1, -0.05) is 17.7 Å². The lowest BCUT2D eigenvalue weighted by molar-refractivity contribution is -0.384. The third kappa shape index (κ3) is 2.76. The molecule has 0 aliphatic rings. The molecule has 0 saturated carbocycles. The molecular weight excluding hydrogens is 375 g/mol. The van der Waals surface area contributed by atoms with Crippen molar-refractivity contribution in [3.05, 3.63) is 69.1 Å². The van der Waals surface area contributed by atoms with Crippen molar-refractivity contribution in [3.63, 3.8) is 0 Å². The lowest BCUT2D eigenvalue weighted by atomic mass is 10.2. The van der Waals surface area contributed by atoms with E-state index >= 15 is 0 Å². The molecule has 1 aromatic heterocycles. The fourth-order valence-corrected chi connectivity index (χ4v) is 4.11. The van der Waals surface area contributed by atoms with Crippen LogP contribution >= 0.6 is 11.6 Å². The van der Waals surface area contributed by atoms with Gasteiger partial charge in [-0.15, -0.1) is 0 Å². The lowest BCUT2D eigenvalue weighted by Crippen LogP contribution is -2.12. The molecule has 7 nitrogen and oxygen atoms in total. The van der Waals surface area contributed by atoms with Gasteiger partial charge in [0.25, 0.3) is 15.7 Å². The minimum Gasteiger partial charge on any atom is -0.392 e. The zero-order valence-corrected chi connectivity index (χ0v) is 14.0. The third-order valence-corrected chi connectivity index (χ3v) is 5.65. The van der Waals surface area contributed by atoms with E-state index < -0.39 is 33.1 Å². The van der Waals surface area contributed by atoms with Gasteiger partial charge in [0.1, 0.15) is 10.8 Å². The lowest BCUT2D eigenvalue weighted by Gasteiger charge is -2.08. The first-order valence-electron chi connectivity index (χ1n) is 6.86. The molecule has 0 amide bonds. The quantitative estimate of drug-likeness (QED) is 0.550. The molecule has 3 aromatic rings. The number of nitrogens with zero attached hydrogens (tertiary/aromatic N) is 2. The summed E-state index contributed by atoms with van der Waals surface area (Å²) >= 11 is 5.70. The summed E-state index contributed by atoms with van der Waals surface area (Å²) in [7, 11) is -4.27. The Labute approximate surface area is 146 Å². The summed E-state index contributed by atoms with van der Waals surface area (Å²) in [5.74, 6) is -0.683. The second kappa shape index (κ2) is 6.10. The van der Waals surface area contributed by atoms with E-state index in [4.69, 9.17) is 11.6 Å². The zero-order chi connectivity index (χ0) is 18.4. The second-order valence-electron chi connectivity index (χ2n) is 5.12. The number of aliphatic hydroxyl groups is 1. The molecule has 0 saturated heterocycles. The van der Waals surface area contributed by atoms with Crippen molar-refractivity contribution >= 4 is 38.2 Å². The first-order valence-corrected chi connectivity index (χ1v) is 8.68. The van der Waals surface area contributed by atoms with Crippen LogP contribution in [0.25, 0.3) is 10.9 Å². The van der Waals surface area contributed by atoms with E-state index in [-0.39, 0.29) is 26.4 Å². The smallest absolute Gasteiger partial charge is 0.289 e. The monoisotopic (exact) mass is 384 g/mol. The Hall–Kier alpha value is -2.49. The van der Waals surface area contributed by atoms with E-state index in [1.165, 1.54) is 12.1 Å². The Kier molecular flexibility index (Phi) is 4.23. The molecule has 0 fully saturated rings. The second-order valence-corrected chi connectivity index (χ2v) is 7.34. The number of aliphatic hydroxyl groups excluding tert-OH is 1. The van der Waals surface area contributed by atoms with Gasteiger partial charge in [0.2, 0.25) is 0 Å². The molecule has 3 rings (SSSR count). The van der Waals surface area contributed by atoms with Gasteiger partial charge in [0.15, 0.2) is 0 Å². The van der Waals surface area contributed by atoms with Crippen LogP contribution in [-0.2, 0) is 16.6 Å². The highest BCUT2D eigenvalue weighted by atomic mass is 35.5. The van der Waals surface area contributed by atoms with E-state index in [0.29, 0.717) is 0 Å². The van der Waals surface area contributed by atoms with Gasteiger partial charge in [0, 0.05) is 23.2 Å². The maximum absolute atomic E-state index is 14.0. The van der Waals surface area contributed by atoms with Crippen LogP contribution < -0.4 is 0 Å². The van der Waals surface area contributed by atoms with Gasteiger partial charge < -0.3 is 5.11 Å². The average Bonchev–Trinajstić information content (AvgIpc) is 2.95. The van der Waals surface area contributed by atoms with Crippen molar-refractivity contribution in [1.29, 1.82) is 0 Å². The summed E-state index contributed by atoms with van der Waals surface area (Å²) in [5.41, 5.74) is -0.463. The molecule has 0 aliphatic heterocycles. The fourth-order valence-electron chi connectivity index (χ4n) is 2.52. The van der Waals surface area contributed by atoms with E-state index in [1.807, 2.05) is 0 Å². The average molecular weight is 385 g/mol. The summed E-state index contributed by atoms with van der Waals surface area (Å²) in [6, 6.07) is 6.90. The molecule has 2 aromatic carbocycles. The van der Waals surface area contributed by atoms with Crippen molar-refractivity contribution < 1.29 is 22.8 Å². The Bertz CT molecular complexity index is 1110. The van der Waals surface area contributed by atoms with Crippen LogP contribution in [0.15, 0.2) is 47.5 Å². The van der Waals surface area contributed by atoms with E-state index in [2.05, 4.69) is 0 Å². The molecule has 25 heavy (non-hydrogen) atoms. The van der Waals surface area contributed by atoms with Crippen LogP contribution in [0, 0.1) is 15.9 Å². The number of hydrogen-bond acceptors (Lipinski definition) is 5. The molecular formula is C15H10ClFN2O5S. The van der Waals surface area contributed by atoms with Gasteiger partial charge in [-0.25, -0.2) is 16.8 Å². The SMILES string of the molecule is O=[N+]([O-])c1cc(S(=O)(=O)n2cc(CO)c3c(F)cccc32)ccc1Cl. The number of benzene rings is 2. The largest absolute Gasteiger partial charge is 0.392 e. The molecule has 0 atom stereocenters. The highest BCUT2D eigenvalue weighted by Gasteiger charge is 2.25. The Balaban J connectivity index is 2.29. The van der Waals surface area contributed by atoms with Crippen molar-refractivity contribution in [1.82, 2.24) is 3.97 Å². The summed E-state index contributed by atoms with van der Waals surface area (Å²) in [6.07, 6.45) is 1.09. The predicted octanol–water partition coefficient (Wildman–Crippen LogP) is 3.07. The summed E-state index contributed by atoms with van der Waals surface area (Å²) in [6.45, 7) is -0.569. The van der Waals surface area contributed by atoms with Crippen molar-refractivity contribution in [3.8, 4) is 0 Å². The topological polar surface area (TPSA) is 102 Å². The highest BCUT2D eigenvalue weighted by Crippen LogP contribution is 2.31. The molecule has 0 unspecified atom stereocenters. The van der Waals surface area contributed by atoms with Gasteiger partial charge in [-0.05, 0) is 24.3 Å². The number of rotatable bonds is 4. The normalized spacial score (nSPS) is 11.8. The summed E-state index contributed by atoms with van der Waals surface area (Å²) in [4.78, 5) is 9.80. The molecule has 1 N–H and O–H groups in total. The number of halogens is 2. The first-order chi connectivity index (χ1) is 11.8. The van der Waals surface area contributed by atoms with Crippen molar-refractivity contribution in [2.24, 2.45) is 0 Å². The Morgan fingerprint density at radius 2 is 2.00 bits per heavy atom. The maximum atomic E-state index is 14.0. The molecule has 0 aliphatic carbocycles. The van der Waals surface area contributed by atoms with Crippen LogP contribution in [0.5, 0.6) is 0 Å². The number of hydrogen-bond donors (Lipinski definition) is 1. The minimum absolute atomic E-state index is 0.0154. The van der Waals surface area contributed by atoms with Crippen molar-refractivity contribution in [2.45, 2.75) is 11.5 Å². The molecule has 1 heterocycles. The Morgan fingerprint density at radius 3 is 2.64 bits per heavy atom. The maximum Gasteiger partial charge on any atom is 0.289 e.